The molecule has 4 aromatic rings. The van der Waals surface area contributed by atoms with Gasteiger partial charge in [0.05, 0.1) is 4.47 Å². The fraction of sp³-hybridized carbons (Fsp3) is 0.293. The first-order valence-electron chi connectivity index (χ1n) is 16.3. The van der Waals surface area contributed by atoms with E-state index in [0.717, 1.165) is 47.0 Å². The Morgan fingerprint density at radius 2 is 1.35 bits per heavy atom. The van der Waals surface area contributed by atoms with E-state index in [2.05, 4.69) is 71.0 Å². The SMILES string of the molecule is COc1ccccc1[CH]=[W]=[N]c1c(Cl)cccc1Cl.C[C-]=CC=[C-]C.Cc1c(Br)cc2c(c1-c1c(O)c(Br)cc3c1CCCC3)CCCC2. The van der Waals surface area contributed by atoms with Crippen LogP contribution in [0.15, 0.2) is 79.2 Å². The van der Waals surface area contributed by atoms with Crippen LogP contribution in [0.25, 0.3) is 11.1 Å². The van der Waals surface area contributed by atoms with E-state index in [-0.39, 0.29) is 0 Å². The molecular weight excluding hydrogens is 953 g/mol. The molecule has 2 aliphatic rings. The molecule has 258 valence electrons. The number of fused-ring (bicyclic) bond motifs is 2. The van der Waals surface area contributed by atoms with Crippen LogP contribution >= 0.6 is 55.1 Å². The number of para-hydroxylation sites is 1. The van der Waals surface area contributed by atoms with Crippen molar-refractivity contribution in [1.82, 2.24) is 0 Å². The minimum absolute atomic E-state index is 0.421. The number of halogens is 4. The zero-order chi connectivity index (χ0) is 35.3. The summed E-state index contributed by atoms with van der Waals surface area (Å²) in [6, 6.07) is 17.7. The molecule has 8 heteroatoms. The van der Waals surface area contributed by atoms with Gasteiger partial charge in [0, 0.05) is 10.0 Å². The van der Waals surface area contributed by atoms with Gasteiger partial charge in [-0.3, -0.25) is 0 Å². The molecule has 0 spiro atoms. The Balaban J connectivity index is 0.000000194. The smallest absolute Gasteiger partial charge is 0.137 e. The molecule has 0 aliphatic heterocycles. The van der Waals surface area contributed by atoms with E-state index in [4.69, 9.17) is 27.9 Å². The van der Waals surface area contributed by atoms with Gasteiger partial charge in [-0.1, -0.05) is 15.9 Å². The van der Waals surface area contributed by atoms with E-state index in [1.54, 1.807) is 19.2 Å². The largest absolute Gasteiger partial charge is 0.506 e. The normalized spacial score (nSPS) is 13.4. The fourth-order valence-corrected chi connectivity index (χ4v) is 10.3. The number of hydrogen-bond donors (Lipinski definition) is 1. The van der Waals surface area contributed by atoms with Gasteiger partial charge in [-0.15, -0.1) is 13.8 Å². The summed E-state index contributed by atoms with van der Waals surface area (Å²) in [7, 11) is 1.67. The van der Waals surface area contributed by atoms with E-state index >= 15 is 0 Å². The first-order valence-corrected chi connectivity index (χ1v) is 21.7. The van der Waals surface area contributed by atoms with Crippen molar-refractivity contribution in [3.8, 4) is 22.6 Å². The Labute approximate surface area is 327 Å². The third kappa shape index (κ3) is 10.5. The van der Waals surface area contributed by atoms with Crippen molar-refractivity contribution in [2.45, 2.75) is 72.1 Å². The zero-order valence-corrected chi connectivity index (χ0v) is 35.9. The van der Waals surface area contributed by atoms with Crippen molar-refractivity contribution < 1.29 is 27.8 Å². The molecule has 3 nitrogen and oxygen atoms in total. The van der Waals surface area contributed by atoms with Crippen molar-refractivity contribution in [1.29, 1.82) is 0 Å². The van der Waals surface area contributed by atoms with Crippen LogP contribution in [-0.2, 0) is 43.6 Å². The Hall–Kier alpha value is -2.14. The number of aromatic hydroxyl groups is 1. The van der Waals surface area contributed by atoms with Crippen LogP contribution in [0.4, 0.5) is 5.69 Å². The molecule has 0 fully saturated rings. The van der Waals surface area contributed by atoms with E-state index in [0.29, 0.717) is 21.5 Å². The maximum Gasteiger partial charge on any atom is 0.137 e. The summed E-state index contributed by atoms with van der Waals surface area (Å²) in [5.41, 5.74) is 11.1. The molecule has 0 radical (unpaired) electrons. The predicted octanol–water partition coefficient (Wildman–Crippen LogP) is 13.1. The van der Waals surface area contributed by atoms with Crippen molar-refractivity contribution in [2.75, 3.05) is 7.11 Å². The topological polar surface area (TPSA) is 41.8 Å². The third-order valence-corrected chi connectivity index (χ3v) is 12.9. The molecule has 0 bridgehead atoms. The molecule has 0 saturated carbocycles. The molecular formula is C41H41Br2Cl2NO2W-2. The monoisotopic (exact) mass is 991 g/mol. The van der Waals surface area contributed by atoms with Crippen molar-refractivity contribution in [2.24, 2.45) is 3.50 Å². The summed E-state index contributed by atoms with van der Waals surface area (Å²) in [6.07, 6.45) is 18.7. The molecule has 6 rings (SSSR count). The number of rotatable bonds is 5. The number of allylic oxidation sites excluding steroid dienone is 4. The maximum atomic E-state index is 11.0. The van der Waals surface area contributed by atoms with Gasteiger partial charge in [0.2, 0.25) is 0 Å². The van der Waals surface area contributed by atoms with E-state index in [1.165, 1.54) is 63.5 Å². The Bertz CT molecular complexity index is 1800. The van der Waals surface area contributed by atoms with Gasteiger partial charge in [-0.05, 0) is 120 Å². The summed E-state index contributed by atoms with van der Waals surface area (Å²) < 4.78 is 14.0. The number of phenols is 1. The molecule has 0 saturated heterocycles. The van der Waals surface area contributed by atoms with Gasteiger partial charge in [-0.2, -0.15) is 0 Å². The van der Waals surface area contributed by atoms with E-state index < -0.39 is 17.9 Å². The molecule has 1 N–H and O–H groups in total. The summed E-state index contributed by atoms with van der Waals surface area (Å²) in [4.78, 5) is 0. The van der Waals surface area contributed by atoms with Crippen LogP contribution < -0.4 is 4.74 Å². The van der Waals surface area contributed by atoms with Gasteiger partial charge in [-0.25, -0.2) is 0 Å². The first-order chi connectivity index (χ1) is 23.7. The minimum Gasteiger partial charge on any atom is -0.506 e. The van der Waals surface area contributed by atoms with Crippen molar-refractivity contribution in [3.63, 3.8) is 0 Å². The second-order valence-corrected chi connectivity index (χ2v) is 16.5. The average molecular weight is 994 g/mol. The number of methoxy groups -OCH3 is 1. The zero-order valence-electron chi connectivity index (χ0n) is 28.3. The first kappa shape index (κ1) is 39.6. The average Bonchev–Trinajstić information content (AvgIpc) is 3.11. The van der Waals surface area contributed by atoms with Gasteiger partial charge in [0.25, 0.3) is 0 Å². The van der Waals surface area contributed by atoms with Gasteiger partial charge >= 0.3 is 130 Å². The quantitative estimate of drug-likeness (QED) is 0.160. The number of hydrogen-bond acceptors (Lipinski definition) is 3. The molecule has 0 heterocycles. The van der Waals surface area contributed by atoms with E-state index in [1.807, 2.05) is 56.3 Å². The second-order valence-electron chi connectivity index (χ2n) is 11.7. The maximum absolute atomic E-state index is 11.0. The predicted molar refractivity (Wildman–Crippen MR) is 211 cm³/mol. The number of nitrogens with zero attached hydrogens (tertiary/aromatic N) is 1. The summed E-state index contributed by atoms with van der Waals surface area (Å²) >= 11 is 18.5. The van der Waals surface area contributed by atoms with Gasteiger partial charge in [0.15, 0.2) is 0 Å². The molecule has 0 aromatic heterocycles. The van der Waals surface area contributed by atoms with Gasteiger partial charge < -0.3 is 29.4 Å². The summed E-state index contributed by atoms with van der Waals surface area (Å²) in [5, 5.41) is 12.2. The Morgan fingerprint density at radius 3 is 1.94 bits per heavy atom. The molecule has 4 aromatic carbocycles. The molecule has 0 atom stereocenters. The molecule has 49 heavy (non-hydrogen) atoms. The minimum atomic E-state index is -1.07. The van der Waals surface area contributed by atoms with Crippen LogP contribution in [0.5, 0.6) is 11.5 Å². The number of aryl methyl sites for hydroxylation is 2. The third-order valence-electron chi connectivity index (χ3n) is 8.49. The van der Waals surface area contributed by atoms with Crippen LogP contribution in [0.2, 0.25) is 10.0 Å². The molecule has 0 unspecified atom stereocenters. The van der Waals surface area contributed by atoms with Crippen LogP contribution in [0, 0.1) is 19.1 Å². The van der Waals surface area contributed by atoms with Crippen LogP contribution in [-0.4, -0.2) is 16.6 Å². The van der Waals surface area contributed by atoms with Crippen molar-refractivity contribution >= 4 is 65.1 Å². The fourth-order valence-electron chi connectivity index (χ4n) is 6.09. The van der Waals surface area contributed by atoms with Crippen LogP contribution in [0.3, 0.4) is 0 Å². The summed E-state index contributed by atoms with van der Waals surface area (Å²) in [5.74, 6) is 1.28. The Kier molecular flexibility index (Phi) is 16.2. The summed E-state index contributed by atoms with van der Waals surface area (Å²) in [6.45, 7) is 5.89. The molecule has 0 amide bonds. The number of benzene rings is 4. The second kappa shape index (κ2) is 20.0. The van der Waals surface area contributed by atoms with Gasteiger partial charge in [0.1, 0.15) is 5.75 Å². The molecule has 2 aliphatic carbocycles. The van der Waals surface area contributed by atoms with Crippen molar-refractivity contribution in [3.05, 3.63) is 131 Å². The number of ether oxygens (including phenoxy) is 1. The van der Waals surface area contributed by atoms with E-state index in [9.17, 15) is 5.11 Å². The number of phenolic OH excluding ortho intramolecular Hbond substituents is 1. The van der Waals surface area contributed by atoms with Crippen LogP contribution in [0.1, 0.15) is 72.9 Å². The Morgan fingerprint density at radius 1 is 0.796 bits per heavy atom. The standard InChI is InChI=1S/C21H22Br2O.C8H8O.C6H3Cl2N.C6H8.W/c1-12-17(22)10-13-6-2-4-8-15(13)19(12)20-16-9-5-3-7-14(16)11-18(23)21(20)24;1-7-5-3-4-6-8(7)9-2;7-4-2-1-3-5(8)6(4)9;1-3-5-6-4-2;/h10-11,24H,2-9H2,1H3;1,3-6H,2H3;1-3H;5-6H,1-2H3;/q;;;-2;.